The van der Waals surface area contributed by atoms with Crippen LogP contribution in [-0.2, 0) is 42.9 Å². The highest BCUT2D eigenvalue weighted by Gasteiger charge is 2.51. The Bertz CT molecular complexity index is 684. The number of nitrogens with one attached hydrogen (secondary N) is 1. The van der Waals surface area contributed by atoms with Crippen LogP contribution in [0.1, 0.15) is 98.8 Å². The largest absolute Gasteiger partial charge is 0.463 e. The predicted octanol–water partition coefficient (Wildman–Crippen LogP) is 3.58. The standard InChI is InChI=1S/C26H45NO9/c1-6-7-8-9-10-11-12-13-14-15-16-32-26-23(27-18(2)28)25(35-21(5)31)24(34-20(4)30)22(36-26)17-33-19(3)29/h22-26H,6-17H2,1-5H3,(H,27,28)/t22-,23+,24-,25+,26-/m1/s1. The van der Waals surface area contributed by atoms with Crippen molar-refractivity contribution in [2.24, 2.45) is 0 Å². The summed E-state index contributed by atoms with van der Waals surface area (Å²) in [6.45, 7) is 7.31. The minimum Gasteiger partial charge on any atom is -0.463 e. The minimum atomic E-state index is -1.11. The first-order chi connectivity index (χ1) is 17.1. The van der Waals surface area contributed by atoms with E-state index in [0.29, 0.717) is 6.61 Å². The highest BCUT2D eigenvalue weighted by molar-refractivity contribution is 5.73. The van der Waals surface area contributed by atoms with Crippen LogP contribution in [0.15, 0.2) is 0 Å². The van der Waals surface area contributed by atoms with Gasteiger partial charge in [0, 0.05) is 34.3 Å². The number of unbranched alkanes of at least 4 members (excludes halogenated alkanes) is 9. The maximum Gasteiger partial charge on any atom is 0.303 e. The summed E-state index contributed by atoms with van der Waals surface area (Å²) < 4.78 is 27.9. The van der Waals surface area contributed by atoms with Gasteiger partial charge in [-0.05, 0) is 6.42 Å². The smallest absolute Gasteiger partial charge is 0.303 e. The van der Waals surface area contributed by atoms with Gasteiger partial charge in [0.05, 0.1) is 0 Å². The average molecular weight is 516 g/mol. The van der Waals surface area contributed by atoms with Crippen LogP contribution >= 0.6 is 0 Å². The fourth-order valence-electron chi connectivity index (χ4n) is 4.22. The zero-order valence-electron chi connectivity index (χ0n) is 22.5. The molecule has 0 aromatic rings. The summed E-state index contributed by atoms with van der Waals surface area (Å²) in [7, 11) is 0. The molecule has 0 saturated carbocycles. The van der Waals surface area contributed by atoms with E-state index in [2.05, 4.69) is 12.2 Å². The molecule has 208 valence electrons. The highest BCUT2D eigenvalue weighted by atomic mass is 16.7. The lowest BCUT2D eigenvalue weighted by Crippen LogP contribution is -2.66. The second kappa shape index (κ2) is 18.1. The van der Waals surface area contributed by atoms with Crippen molar-refractivity contribution < 1.29 is 42.9 Å². The number of rotatable bonds is 17. The van der Waals surface area contributed by atoms with Gasteiger partial charge in [-0.3, -0.25) is 19.2 Å². The first kappa shape index (κ1) is 31.8. The van der Waals surface area contributed by atoms with Gasteiger partial charge in [0.1, 0.15) is 18.8 Å². The number of carbonyl (C=O) groups excluding carboxylic acids is 4. The molecule has 0 spiro atoms. The normalized spacial score (nSPS) is 23.5. The molecule has 0 radical (unpaired) electrons. The lowest BCUT2D eigenvalue weighted by Gasteiger charge is -2.44. The van der Waals surface area contributed by atoms with Gasteiger partial charge in [-0.15, -0.1) is 0 Å². The minimum absolute atomic E-state index is 0.240. The molecule has 36 heavy (non-hydrogen) atoms. The first-order valence-corrected chi connectivity index (χ1v) is 13.2. The van der Waals surface area contributed by atoms with Gasteiger partial charge < -0.3 is 29.0 Å². The van der Waals surface area contributed by atoms with Gasteiger partial charge in [0.2, 0.25) is 5.91 Å². The van der Waals surface area contributed by atoms with E-state index in [4.69, 9.17) is 23.7 Å². The Morgan fingerprint density at radius 2 is 1.25 bits per heavy atom. The summed E-state index contributed by atoms with van der Waals surface area (Å²) in [6.07, 6.45) is 7.60. The molecule has 0 aromatic heterocycles. The van der Waals surface area contributed by atoms with E-state index >= 15 is 0 Å². The highest BCUT2D eigenvalue weighted by Crippen LogP contribution is 2.28. The summed E-state index contributed by atoms with van der Waals surface area (Å²) in [5.41, 5.74) is 0. The van der Waals surface area contributed by atoms with Crippen molar-refractivity contribution in [2.45, 2.75) is 129 Å². The Morgan fingerprint density at radius 3 is 1.75 bits per heavy atom. The fourth-order valence-corrected chi connectivity index (χ4v) is 4.22. The Labute approximate surface area is 215 Å². The number of ether oxygens (including phenoxy) is 5. The summed E-state index contributed by atoms with van der Waals surface area (Å²) >= 11 is 0. The molecule has 1 saturated heterocycles. The zero-order chi connectivity index (χ0) is 26.9. The molecule has 0 aliphatic carbocycles. The van der Waals surface area contributed by atoms with E-state index in [1.165, 1.54) is 72.6 Å². The molecule has 1 N–H and O–H groups in total. The monoisotopic (exact) mass is 515 g/mol. The number of esters is 3. The molecule has 10 nitrogen and oxygen atoms in total. The van der Waals surface area contributed by atoms with Crippen LogP contribution in [0.5, 0.6) is 0 Å². The Morgan fingerprint density at radius 1 is 0.722 bits per heavy atom. The first-order valence-electron chi connectivity index (χ1n) is 13.2. The molecule has 5 atom stereocenters. The summed E-state index contributed by atoms with van der Waals surface area (Å²) in [6, 6.07) is -0.924. The van der Waals surface area contributed by atoms with Crippen LogP contribution in [0.2, 0.25) is 0 Å². The SMILES string of the molecule is CCCCCCCCCCCCO[C@@H]1O[C@H](COC(C)=O)[C@@H](OC(C)=O)[C@@H](OC(C)=O)[C@@H]1NC(C)=O. The second-order valence-electron chi connectivity index (χ2n) is 9.27. The molecular formula is C26H45NO9. The van der Waals surface area contributed by atoms with Crippen molar-refractivity contribution in [1.29, 1.82) is 0 Å². The van der Waals surface area contributed by atoms with Crippen LogP contribution in [-0.4, -0.2) is 67.7 Å². The van der Waals surface area contributed by atoms with Gasteiger partial charge in [-0.25, -0.2) is 0 Å². The van der Waals surface area contributed by atoms with Crippen LogP contribution in [0.25, 0.3) is 0 Å². The molecular weight excluding hydrogens is 470 g/mol. The summed E-state index contributed by atoms with van der Waals surface area (Å²) in [5.74, 6) is -2.21. The molecule has 10 heteroatoms. The van der Waals surface area contributed by atoms with Crippen LogP contribution in [0.3, 0.4) is 0 Å². The third-order valence-electron chi connectivity index (χ3n) is 5.85. The van der Waals surface area contributed by atoms with Crippen molar-refractivity contribution >= 4 is 23.8 Å². The van der Waals surface area contributed by atoms with Crippen LogP contribution < -0.4 is 5.32 Å². The summed E-state index contributed by atoms with van der Waals surface area (Å²) in [4.78, 5) is 47.0. The second-order valence-corrected chi connectivity index (χ2v) is 9.27. The van der Waals surface area contributed by atoms with E-state index in [0.717, 1.165) is 19.3 Å². The van der Waals surface area contributed by atoms with Crippen molar-refractivity contribution in [1.82, 2.24) is 5.32 Å². The van der Waals surface area contributed by atoms with Gasteiger partial charge in [-0.2, -0.15) is 0 Å². The number of hydrogen-bond acceptors (Lipinski definition) is 9. The maximum atomic E-state index is 11.9. The molecule has 0 aromatic carbocycles. The molecule has 0 bridgehead atoms. The van der Waals surface area contributed by atoms with E-state index in [1.807, 2.05) is 0 Å². The zero-order valence-corrected chi connectivity index (χ0v) is 22.5. The van der Waals surface area contributed by atoms with Gasteiger partial charge in [-0.1, -0.05) is 64.7 Å². The fraction of sp³-hybridized carbons (Fsp3) is 0.846. The van der Waals surface area contributed by atoms with Crippen molar-refractivity contribution in [2.75, 3.05) is 13.2 Å². The van der Waals surface area contributed by atoms with E-state index in [1.54, 1.807) is 0 Å². The molecule has 1 aliphatic heterocycles. The van der Waals surface area contributed by atoms with Crippen LogP contribution in [0, 0.1) is 0 Å². The predicted molar refractivity (Wildman–Crippen MR) is 132 cm³/mol. The molecule has 1 heterocycles. The van der Waals surface area contributed by atoms with E-state index < -0.39 is 54.5 Å². The third kappa shape index (κ3) is 13.2. The quantitative estimate of drug-likeness (QED) is 0.176. The van der Waals surface area contributed by atoms with Crippen LogP contribution in [0.4, 0.5) is 0 Å². The van der Waals surface area contributed by atoms with Crippen molar-refractivity contribution in [3.63, 3.8) is 0 Å². The molecule has 0 unspecified atom stereocenters. The lowest BCUT2D eigenvalue weighted by atomic mass is 9.96. The van der Waals surface area contributed by atoms with E-state index in [9.17, 15) is 19.2 Å². The lowest BCUT2D eigenvalue weighted by molar-refractivity contribution is -0.277. The van der Waals surface area contributed by atoms with Gasteiger partial charge in [0.25, 0.3) is 0 Å². The Hall–Kier alpha value is -2.20. The molecule has 1 rings (SSSR count). The Balaban J connectivity index is 2.77. The van der Waals surface area contributed by atoms with Crippen molar-refractivity contribution in [3.8, 4) is 0 Å². The third-order valence-corrected chi connectivity index (χ3v) is 5.85. The molecule has 1 aliphatic rings. The number of amides is 1. The molecule has 1 fully saturated rings. The topological polar surface area (TPSA) is 126 Å². The van der Waals surface area contributed by atoms with Gasteiger partial charge >= 0.3 is 17.9 Å². The maximum absolute atomic E-state index is 11.9. The summed E-state index contributed by atoms with van der Waals surface area (Å²) in [5, 5.41) is 2.70. The van der Waals surface area contributed by atoms with E-state index in [-0.39, 0.29) is 6.61 Å². The number of carbonyl (C=O) groups is 4. The van der Waals surface area contributed by atoms with Gasteiger partial charge in [0.15, 0.2) is 18.5 Å². The molecule has 1 amide bonds. The average Bonchev–Trinajstić information content (AvgIpc) is 2.78. The number of hydrogen-bond donors (Lipinski definition) is 1. The van der Waals surface area contributed by atoms with Crippen molar-refractivity contribution in [3.05, 3.63) is 0 Å². The Kier molecular flexibility index (Phi) is 16.0.